The molecule has 0 aromatic carbocycles. The maximum absolute atomic E-state index is 12.4. The van der Waals surface area contributed by atoms with E-state index in [0.29, 0.717) is 24.6 Å². The average molecular weight is 400 g/mol. The highest BCUT2D eigenvalue weighted by Crippen LogP contribution is 2.32. The third kappa shape index (κ3) is 5.10. The summed E-state index contributed by atoms with van der Waals surface area (Å²) in [6.07, 6.45) is 2.99. The zero-order valence-electron chi connectivity index (χ0n) is 17.4. The minimum absolute atomic E-state index is 0.0896. The van der Waals surface area contributed by atoms with Crippen molar-refractivity contribution in [2.45, 2.75) is 39.5 Å². The highest BCUT2D eigenvalue weighted by atomic mass is 16.5. The number of piperidine rings is 1. The molecule has 2 aromatic rings. The van der Waals surface area contributed by atoms with Crippen molar-refractivity contribution in [1.29, 1.82) is 0 Å². The van der Waals surface area contributed by atoms with Gasteiger partial charge in [0.2, 0.25) is 0 Å². The number of hydrogen-bond acceptors (Lipinski definition) is 7. The summed E-state index contributed by atoms with van der Waals surface area (Å²) in [5.41, 5.74) is 2.11. The Hall–Kier alpha value is -2.97. The Kier molecular flexibility index (Phi) is 6.14. The molecule has 0 saturated carbocycles. The molecule has 9 heteroatoms. The third-order valence-corrected chi connectivity index (χ3v) is 4.99. The van der Waals surface area contributed by atoms with Gasteiger partial charge in [-0.25, -0.2) is 9.99 Å². The average Bonchev–Trinajstić information content (AvgIpc) is 3.25. The highest BCUT2D eigenvalue weighted by molar-refractivity contribution is 5.92. The lowest BCUT2D eigenvalue weighted by Gasteiger charge is -2.31. The molecule has 1 saturated heterocycles. The van der Waals surface area contributed by atoms with Gasteiger partial charge < -0.3 is 14.7 Å². The Morgan fingerprint density at radius 1 is 1.31 bits per heavy atom. The number of hydrogen-bond donors (Lipinski definition) is 1. The molecule has 1 N–H and O–H groups in total. The van der Waals surface area contributed by atoms with Crippen LogP contribution in [0.3, 0.4) is 0 Å². The number of aromatic nitrogens is 2. The van der Waals surface area contributed by atoms with Crippen molar-refractivity contribution in [3.63, 3.8) is 0 Å². The van der Waals surface area contributed by atoms with Crippen molar-refractivity contribution in [3.05, 3.63) is 40.8 Å². The molecule has 1 amide bonds. The molecule has 156 valence electrons. The normalized spacial score (nSPS) is 15.2. The molecule has 1 aliphatic rings. The quantitative estimate of drug-likeness (QED) is 0.583. The smallest absolute Gasteiger partial charge is 0.276 e. The van der Waals surface area contributed by atoms with Crippen molar-refractivity contribution in [2.75, 3.05) is 37.0 Å². The fourth-order valence-electron chi connectivity index (χ4n) is 3.34. The van der Waals surface area contributed by atoms with Crippen LogP contribution in [0.2, 0.25) is 0 Å². The van der Waals surface area contributed by atoms with E-state index in [-0.39, 0.29) is 17.2 Å². The molecular weight excluding hydrogens is 372 g/mol. The van der Waals surface area contributed by atoms with Crippen molar-refractivity contribution < 1.29 is 9.32 Å². The van der Waals surface area contributed by atoms with E-state index in [2.05, 4.69) is 36.5 Å². The monoisotopic (exact) mass is 400 g/mol. The Morgan fingerprint density at radius 3 is 2.62 bits per heavy atom. The van der Waals surface area contributed by atoms with Crippen molar-refractivity contribution in [3.8, 4) is 0 Å². The fourth-order valence-corrected chi connectivity index (χ4v) is 3.34. The molecule has 3 heterocycles. The summed E-state index contributed by atoms with van der Waals surface area (Å²) in [6.45, 7) is 8.40. The minimum Gasteiger partial charge on any atom is -0.381 e. The summed E-state index contributed by atoms with van der Waals surface area (Å²) in [4.78, 5) is 30.0. The molecule has 1 aliphatic heterocycles. The second-order valence-electron chi connectivity index (χ2n) is 8.58. The third-order valence-electron chi connectivity index (χ3n) is 4.99. The maximum atomic E-state index is 12.4. The predicted octanol–water partition coefficient (Wildman–Crippen LogP) is 3.67. The first-order valence-corrected chi connectivity index (χ1v) is 9.80. The maximum Gasteiger partial charge on any atom is 0.276 e. The molecule has 0 spiro atoms. The van der Waals surface area contributed by atoms with Gasteiger partial charge in [-0.2, -0.15) is 0 Å². The van der Waals surface area contributed by atoms with Gasteiger partial charge in [-0.05, 0) is 30.4 Å². The zero-order valence-corrected chi connectivity index (χ0v) is 17.4. The summed E-state index contributed by atoms with van der Waals surface area (Å²) >= 11 is 0. The second-order valence-corrected chi connectivity index (χ2v) is 8.58. The van der Waals surface area contributed by atoms with Crippen LogP contribution in [0.25, 0.3) is 0 Å². The number of carbonyl (C=O) groups is 1. The number of anilines is 2. The number of rotatable bonds is 6. The molecule has 9 nitrogen and oxygen atoms in total. The SMILES string of the molecule is CN(N=O)c1nc(C2CCN(C(=O)c3ccon3)CC2)ccc1NCC(C)(C)C. The van der Waals surface area contributed by atoms with Gasteiger partial charge in [0.1, 0.15) is 6.26 Å². The van der Waals surface area contributed by atoms with E-state index >= 15 is 0 Å². The molecule has 0 atom stereocenters. The molecule has 3 rings (SSSR count). The largest absolute Gasteiger partial charge is 0.381 e. The number of likely N-dealkylation sites (tertiary alicyclic amines) is 1. The summed E-state index contributed by atoms with van der Waals surface area (Å²) in [7, 11) is 1.60. The summed E-state index contributed by atoms with van der Waals surface area (Å²) in [6, 6.07) is 5.53. The molecule has 2 aromatic heterocycles. The Labute approximate surface area is 170 Å². The summed E-state index contributed by atoms with van der Waals surface area (Å²) in [5.74, 6) is 0.618. The predicted molar refractivity (Wildman–Crippen MR) is 111 cm³/mol. The number of nitrogens with one attached hydrogen (secondary N) is 1. The topological polar surface area (TPSA) is 104 Å². The summed E-state index contributed by atoms with van der Waals surface area (Å²) < 4.78 is 4.76. The number of carbonyl (C=O) groups excluding carboxylic acids is 1. The molecular formula is C20H28N6O3. The van der Waals surface area contributed by atoms with Gasteiger partial charge in [0.05, 0.1) is 11.0 Å². The fraction of sp³-hybridized carbons (Fsp3) is 0.550. The molecule has 29 heavy (non-hydrogen) atoms. The van der Waals surface area contributed by atoms with Crippen LogP contribution < -0.4 is 10.3 Å². The Bertz CT molecular complexity index is 838. The second kappa shape index (κ2) is 8.59. The molecule has 0 bridgehead atoms. The van der Waals surface area contributed by atoms with Gasteiger partial charge in [-0.15, -0.1) is 4.91 Å². The van der Waals surface area contributed by atoms with E-state index in [0.717, 1.165) is 30.8 Å². The molecule has 0 unspecified atom stereocenters. The summed E-state index contributed by atoms with van der Waals surface area (Å²) in [5, 5.41) is 11.4. The highest BCUT2D eigenvalue weighted by Gasteiger charge is 2.27. The van der Waals surface area contributed by atoms with E-state index < -0.39 is 0 Å². The lowest BCUT2D eigenvalue weighted by atomic mass is 9.92. The van der Waals surface area contributed by atoms with Gasteiger partial charge in [0, 0.05) is 44.4 Å². The van der Waals surface area contributed by atoms with Gasteiger partial charge in [0.25, 0.3) is 5.91 Å². The van der Waals surface area contributed by atoms with Crippen molar-refractivity contribution >= 4 is 17.4 Å². The first kappa shape index (κ1) is 20.8. The Balaban J connectivity index is 1.70. The number of pyridine rings is 1. The lowest BCUT2D eigenvalue weighted by molar-refractivity contribution is 0.0701. The van der Waals surface area contributed by atoms with Gasteiger partial charge >= 0.3 is 0 Å². The van der Waals surface area contributed by atoms with Crippen molar-refractivity contribution in [1.82, 2.24) is 15.0 Å². The van der Waals surface area contributed by atoms with Crippen LogP contribution in [0.4, 0.5) is 11.5 Å². The van der Waals surface area contributed by atoms with Crippen LogP contribution in [-0.4, -0.2) is 47.6 Å². The zero-order chi connectivity index (χ0) is 21.0. The molecule has 1 fully saturated rings. The minimum atomic E-state index is -0.113. The number of nitrogens with zero attached hydrogens (tertiary/aromatic N) is 5. The molecule has 0 aliphatic carbocycles. The van der Waals surface area contributed by atoms with Gasteiger partial charge in [-0.3, -0.25) is 4.79 Å². The number of nitroso groups, excluding NO2 is 1. The van der Waals surface area contributed by atoms with Crippen LogP contribution >= 0.6 is 0 Å². The van der Waals surface area contributed by atoms with E-state index in [1.165, 1.54) is 11.3 Å². The molecule has 0 radical (unpaired) electrons. The van der Waals surface area contributed by atoms with E-state index in [1.54, 1.807) is 18.0 Å². The first-order chi connectivity index (χ1) is 13.8. The lowest BCUT2D eigenvalue weighted by Crippen LogP contribution is -2.38. The van der Waals surface area contributed by atoms with E-state index in [9.17, 15) is 9.70 Å². The first-order valence-electron chi connectivity index (χ1n) is 9.80. The van der Waals surface area contributed by atoms with Crippen molar-refractivity contribution in [2.24, 2.45) is 10.7 Å². The van der Waals surface area contributed by atoms with Crippen LogP contribution in [0, 0.1) is 10.3 Å². The van der Waals surface area contributed by atoms with Crippen LogP contribution in [0.15, 0.2) is 34.3 Å². The van der Waals surface area contributed by atoms with Crippen LogP contribution in [-0.2, 0) is 0 Å². The van der Waals surface area contributed by atoms with Gasteiger partial charge in [0.15, 0.2) is 11.5 Å². The number of amides is 1. The van der Waals surface area contributed by atoms with Crippen LogP contribution in [0.1, 0.15) is 55.7 Å². The van der Waals surface area contributed by atoms with Gasteiger partial charge in [-0.1, -0.05) is 25.9 Å². The Morgan fingerprint density at radius 2 is 2.03 bits per heavy atom. The van der Waals surface area contributed by atoms with Crippen LogP contribution in [0.5, 0.6) is 0 Å². The standard InChI is InChI=1S/C20H28N6O3/c1-20(2,3)13-21-16-6-5-15(22-18(16)25(4)24-28)14-7-10-26(11-8-14)19(27)17-9-12-29-23-17/h5-6,9,12,14,21H,7-8,10-11,13H2,1-4H3. The van der Waals surface area contributed by atoms with E-state index in [1.807, 2.05) is 12.1 Å². The van der Waals surface area contributed by atoms with E-state index in [4.69, 9.17) is 9.51 Å².